The van der Waals surface area contributed by atoms with E-state index in [1.165, 1.54) is 38.5 Å². The third kappa shape index (κ3) is 6.91. The molecule has 0 saturated heterocycles. The molecule has 0 spiro atoms. The van der Waals surface area contributed by atoms with Crippen LogP contribution in [0.2, 0.25) is 0 Å². The smallest absolute Gasteiger partial charge is 0.0575 e. The molecule has 1 N–H and O–H groups in total. The van der Waals surface area contributed by atoms with Crippen LogP contribution in [0.15, 0.2) is 0 Å². The summed E-state index contributed by atoms with van der Waals surface area (Å²) in [6.07, 6.45) is 8.33. The van der Waals surface area contributed by atoms with E-state index in [-0.39, 0.29) is 5.54 Å². The van der Waals surface area contributed by atoms with E-state index in [1.807, 2.05) is 0 Å². The molecule has 0 unspecified atom stereocenters. The van der Waals surface area contributed by atoms with Crippen LogP contribution in [0, 0.1) is 0 Å². The largest absolute Gasteiger partial charge is 0.378 e. The van der Waals surface area contributed by atoms with E-state index in [1.54, 1.807) is 0 Å². The predicted molar refractivity (Wildman–Crippen MR) is 65.2 cm³/mol. The number of rotatable bonds is 6. The number of nitrogens with one attached hydrogen (secondary N) is 1. The number of unbranched alkanes of at least 4 members (excludes halogenated alkanes) is 1. The Morgan fingerprint density at radius 3 is 2.40 bits per heavy atom. The molecule has 0 aromatic carbocycles. The molecule has 0 atom stereocenters. The molecule has 0 aromatic heterocycles. The maximum atomic E-state index is 5.81. The predicted octanol–water partition coefficient (Wildman–Crippen LogP) is 3.11. The molecule has 0 heterocycles. The molecule has 0 aromatic rings. The Kier molecular flexibility index (Phi) is 5.62. The first-order valence-corrected chi connectivity index (χ1v) is 6.44. The lowest BCUT2D eigenvalue weighted by Crippen LogP contribution is -2.36. The van der Waals surface area contributed by atoms with Gasteiger partial charge in [-0.1, -0.05) is 12.8 Å². The van der Waals surface area contributed by atoms with Gasteiger partial charge in [0, 0.05) is 12.1 Å². The Labute approximate surface area is 94.8 Å². The van der Waals surface area contributed by atoms with Crippen molar-refractivity contribution in [3.63, 3.8) is 0 Å². The lowest BCUT2D eigenvalue weighted by molar-refractivity contribution is 0.0557. The van der Waals surface area contributed by atoms with E-state index in [9.17, 15) is 0 Å². The molecule has 0 amide bonds. The zero-order valence-electron chi connectivity index (χ0n) is 10.6. The molecule has 1 saturated carbocycles. The average Bonchev–Trinajstić information content (AvgIpc) is 2.61. The lowest BCUT2D eigenvalue weighted by Gasteiger charge is -2.20. The van der Waals surface area contributed by atoms with Crippen LogP contribution >= 0.6 is 0 Å². The van der Waals surface area contributed by atoms with Crippen LogP contribution in [-0.2, 0) is 4.74 Å². The Balaban J connectivity index is 1.84. The molecule has 15 heavy (non-hydrogen) atoms. The zero-order chi connectivity index (χ0) is 11.1. The van der Waals surface area contributed by atoms with Gasteiger partial charge in [-0.2, -0.15) is 0 Å². The van der Waals surface area contributed by atoms with Gasteiger partial charge in [-0.15, -0.1) is 0 Å². The first-order chi connectivity index (χ1) is 7.08. The summed E-state index contributed by atoms with van der Waals surface area (Å²) >= 11 is 0. The van der Waals surface area contributed by atoms with Crippen molar-refractivity contribution in [2.45, 2.75) is 70.9 Å². The number of hydrogen-bond donors (Lipinski definition) is 1. The molecule has 0 aliphatic heterocycles. The van der Waals surface area contributed by atoms with Gasteiger partial charge < -0.3 is 10.1 Å². The third-order valence-corrected chi connectivity index (χ3v) is 2.88. The van der Waals surface area contributed by atoms with Gasteiger partial charge in [0.1, 0.15) is 0 Å². The van der Waals surface area contributed by atoms with Gasteiger partial charge in [-0.25, -0.2) is 0 Å². The van der Waals surface area contributed by atoms with Crippen molar-refractivity contribution in [3.8, 4) is 0 Å². The maximum absolute atomic E-state index is 5.81. The number of hydrogen-bond acceptors (Lipinski definition) is 2. The Morgan fingerprint density at radius 1 is 1.13 bits per heavy atom. The second-order valence-corrected chi connectivity index (χ2v) is 5.66. The molecule has 1 aliphatic carbocycles. The summed E-state index contributed by atoms with van der Waals surface area (Å²) in [5.41, 5.74) is 0.256. The minimum absolute atomic E-state index is 0.256. The van der Waals surface area contributed by atoms with Gasteiger partial charge in [0.15, 0.2) is 0 Å². The van der Waals surface area contributed by atoms with Crippen LogP contribution in [0.5, 0.6) is 0 Å². The normalized spacial score (nSPS) is 18.6. The highest BCUT2D eigenvalue weighted by Gasteiger charge is 2.14. The fourth-order valence-corrected chi connectivity index (χ4v) is 2.00. The Hall–Kier alpha value is -0.0800. The Bertz CT molecular complexity index is 156. The molecular formula is C13H27NO. The van der Waals surface area contributed by atoms with Crippen LogP contribution in [0.25, 0.3) is 0 Å². The highest BCUT2D eigenvalue weighted by atomic mass is 16.5. The van der Waals surface area contributed by atoms with Crippen molar-refractivity contribution in [2.75, 3.05) is 13.2 Å². The van der Waals surface area contributed by atoms with Crippen LogP contribution in [0.4, 0.5) is 0 Å². The third-order valence-electron chi connectivity index (χ3n) is 2.88. The van der Waals surface area contributed by atoms with Gasteiger partial charge in [0.25, 0.3) is 0 Å². The SMILES string of the molecule is CC(C)(C)NCCCCOC1CCCC1. The lowest BCUT2D eigenvalue weighted by atomic mass is 10.1. The second-order valence-electron chi connectivity index (χ2n) is 5.66. The van der Waals surface area contributed by atoms with Crippen LogP contribution in [-0.4, -0.2) is 24.8 Å². The summed E-state index contributed by atoms with van der Waals surface area (Å²) in [5.74, 6) is 0. The minimum Gasteiger partial charge on any atom is -0.378 e. The Morgan fingerprint density at radius 2 is 1.80 bits per heavy atom. The number of ether oxygens (including phenoxy) is 1. The van der Waals surface area contributed by atoms with Crippen LogP contribution in [0.1, 0.15) is 59.3 Å². The highest BCUT2D eigenvalue weighted by molar-refractivity contribution is 4.70. The summed E-state index contributed by atoms with van der Waals surface area (Å²) in [5, 5.41) is 3.49. The monoisotopic (exact) mass is 213 g/mol. The van der Waals surface area contributed by atoms with E-state index < -0.39 is 0 Å². The molecule has 0 bridgehead atoms. The van der Waals surface area contributed by atoms with Crippen molar-refractivity contribution >= 4 is 0 Å². The fourth-order valence-electron chi connectivity index (χ4n) is 2.00. The summed E-state index contributed by atoms with van der Waals surface area (Å²) in [6, 6.07) is 0. The minimum atomic E-state index is 0.256. The fraction of sp³-hybridized carbons (Fsp3) is 1.00. The molecule has 1 rings (SSSR count). The standard InChI is InChI=1S/C13H27NO/c1-13(2,3)14-10-6-7-11-15-12-8-4-5-9-12/h12,14H,4-11H2,1-3H3. The van der Waals surface area contributed by atoms with E-state index in [4.69, 9.17) is 4.74 Å². The maximum Gasteiger partial charge on any atom is 0.0575 e. The summed E-state index contributed by atoms with van der Waals surface area (Å²) in [7, 11) is 0. The quantitative estimate of drug-likeness (QED) is 0.685. The van der Waals surface area contributed by atoms with Crippen molar-refractivity contribution in [2.24, 2.45) is 0 Å². The van der Waals surface area contributed by atoms with Crippen molar-refractivity contribution < 1.29 is 4.74 Å². The van der Waals surface area contributed by atoms with E-state index in [0.29, 0.717) is 6.10 Å². The highest BCUT2D eigenvalue weighted by Crippen LogP contribution is 2.20. The van der Waals surface area contributed by atoms with Gasteiger partial charge in [0.2, 0.25) is 0 Å². The summed E-state index contributed by atoms with van der Waals surface area (Å²) in [6.45, 7) is 8.69. The zero-order valence-corrected chi connectivity index (χ0v) is 10.6. The molecular weight excluding hydrogens is 186 g/mol. The van der Waals surface area contributed by atoms with E-state index in [2.05, 4.69) is 26.1 Å². The average molecular weight is 213 g/mol. The molecule has 1 fully saturated rings. The first-order valence-electron chi connectivity index (χ1n) is 6.44. The first kappa shape index (κ1) is 13.0. The molecule has 2 heteroatoms. The second kappa shape index (κ2) is 6.49. The van der Waals surface area contributed by atoms with Crippen molar-refractivity contribution in [3.05, 3.63) is 0 Å². The molecule has 90 valence electrons. The van der Waals surface area contributed by atoms with Gasteiger partial charge in [-0.05, 0) is 53.0 Å². The molecule has 2 nitrogen and oxygen atoms in total. The van der Waals surface area contributed by atoms with Crippen LogP contribution in [0.3, 0.4) is 0 Å². The molecule has 1 aliphatic rings. The van der Waals surface area contributed by atoms with E-state index >= 15 is 0 Å². The van der Waals surface area contributed by atoms with Crippen LogP contribution < -0.4 is 5.32 Å². The summed E-state index contributed by atoms with van der Waals surface area (Å²) < 4.78 is 5.81. The van der Waals surface area contributed by atoms with E-state index in [0.717, 1.165) is 13.2 Å². The van der Waals surface area contributed by atoms with Crippen molar-refractivity contribution in [1.29, 1.82) is 0 Å². The topological polar surface area (TPSA) is 21.3 Å². The summed E-state index contributed by atoms with van der Waals surface area (Å²) in [4.78, 5) is 0. The van der Waals surface area contributed by atoms with Gasteiger partial charge >= 0.3 is 0 Å². The van der Waals surface area contributed by atoms with Gasteiger partial charge in [0.05, 0.1) is 6.10 Å². The molecule has 0 radical (unpaired) electrons. The van der Waals surface area contributed by atoms with Gasteiger partial charge in [-0.3, -0.25) is 0 Å². The van der Waals surface area contributed by atoms with Crippen molar-refractivity contribution in [1.82, 2.24) is 5.32 Å².